The molecule has 324 valence electrons. The standard InChI is InChI=1S/C65H44N4/c1-65(2)59-39-55(68(61-21-11-7-17-51(61)41-66)53-31-27-45(28-32-53)49-25-23-43-13-3-5-15-47(43)37-49)35-36-58(59)64-57-20-10-9-19-56(57)63(40-60(64)65)69(62-22-12-8-18-52(62)42-67)54-33-29-46(30-34-54)50-26-24-44-14-4-6-16-48(44)38-50/h3-40H,1-2H3. The Bertz CT molecular complexity index is 3910. The molecular weight excluding hydrogens is 837 g/mol. The van der Waals surface area contributed by atoms with Crippen LogP contribution in [-0.2, 0) is 5.41 Å². The molecule has 69 heavy (non-hydrogen) atoms. The molecule has 0 aliphatic heterocycles. The van der Waals surface area contributed by atoms with Crippen molar-refractivity contribution in [1.82, 2.24) is 0 Å². The first kappa shape index (κ1) is 41.2. The zero-order chi connectivity index (χ0) is 46.6. The fraction of sp³-hybridized carbons (Fsp3) is 0.0462. The molecule has 0 amide bonds. The van der Waals surface area contributed by atoms with Gasteiger partial charge in [-0.1, -0.05) is 166 Å². The summed E-state index contributed by atoms with van der Waals surface area (Å²) in [5, 5.41) is 28.1. The van der Waals surface area contributed by atoms with Gasteiger partial charge in [-0.15, -0.1) is 0 Å². The molecule has 0 saturated carbocycles. The molecule has 0 saturated heterocycles. The van der Waals surface area contributed by atoms with E-state index in [0.29, 0.717) is 11.1 Å². The molecule has 0 unspecified atom stereocenters. The summed E-state index contributed by atoms with van der Waals surface area (Å²) in [5.74, 6) is 0. The minimum Gasteiger partial charge on any atom is -0.309 e. The Morgan fingerprint density at radius 3 is 1.36 bits per heavy atom. The summed E-state index contributed by atoms with van der Waals surface area (Å²) in [7, 11) is 0. The topological polar surface area (TPSA) is 54.1 Å². The highest BCUT2D eigenvalue weighted by Crippen LogP contribution is 2.56. The molecule has 0 atom stereocenters. The summed E-state index contributed by atoms with van der Waals surface area (Å²) in [4.78, 5) is 4.48. The van der Waals surface area contributed by atoms with Crippen molar-refractivity contribution in [3.8, 4) is 45.5 Å². The fourth-order valence-corrected chi connectivity index (χ4v) is 10.6. The van der Waals surface area contributed by atoms with Gasteiger partial charge in [0.15, 0.2) is 0 Å². The number of anilines is 6. The van der Waals surface area contributed by atoms with Crippen LogP contribution in [0.1, 0.15) is 36.1 Å². The van der Waals surface area contributed by atoms with E-state index in [2.05, 4.69) is 218 Å². The van der Waals surface area contributed by atoms with Gasteiger partial charge in [0, 0.05) is 27.9 Å². The van der Waals surface area contributed by atoms with Crippen LogP contribution in [0, 0.1) is 22.7 Å². The zero-order valence-electron chi connectivity index (χ0n) is 38.2. The third-order valence-electron chi connectivity index (χ3n) is 14.1. The van der Waals surface area contributed by atoms with Crippen molar-refractivity contribution in [2.45, 2.75) is 19.3 Å². The number of benzene rings is 11. The molecule has 1 aliphatic rings. The van der Waals surface area contributed by atoms with Gasteiger partial charge in [0.2, 0.25) is 0 Å². The van der Waals surface area contributed by atoms with Crippen molar-refractivity contribution in [1.29, 1.82) is 10.5 Å². The predicted octanol–water partition coefficient (Wildman–Crippen LogP) is 17.5. The third kappa shape index (κ3) is 6.98. The number of rotatable bonds is 8. The molecule has 0 heterocycles. The number of hydrogen-bond donors (Lipinski definition) is 0. The highest BCUT2D eigenvalue weighted by atomic mass is 15.2. The lowest BCUT2D eigenvalue weighted by Gasteiger charge is -2.30. The average Bonchev–Trinajstić information content (AvgIpc) is 3.64. The van der Waals surface area contributed by atoms with E-state index in [1.807, 2.05) is 48.5 Å². The maximum atomic E-state index is 10.6. The normalized spacial score (nSPS) is 12.3. The summed E-state index contributed by atoms with van der Waals surface area (Å²) < 4.78 is 0. The Morgan fingerprint density at radius 1 is 0.348 bits per heavy atom. The van der Waals surface area contributed by atoms with Crippen LogP contribution in [0.25, 0.3) is 65.7 Å². The van der Waals surface area contributed by atoms with E-state index < -0.39 is 5.41 Å². The van der Waals surface area contributed by atoms with Crippen molar-refractivity contribution in [2.24, 2.45) is 0 Å². The van der Waals surface area contributed by atoms with E-state index in [4.69, 9.17) is 0 Å². The summed E-state index contributed by atoms with van der Waals surface area (Å²) in [6, 6.07) is 86.0. The molecule has 4 nitrogen and oxygen atoms in total. The van der Waals surface area contributed by atoms with E-state index in [0.717, 1.165) is 67.2 Å². The highest BCUT2D eigenvalue weighted by Gasteiger charge is 2.39. The second-order valence-electron chi connectivity index (χ2n) is 18.4. The van der Waals surface area contributed by atoms with Gasteiger partial charge in [-0.2, -0.15) is 10.5 Å². The molecule has 0 radical (unpaired) electrons. The van der Waals surface area contributed by atoms with Gasteiger partial charge >= 0.3 is 0 Å². The minimum atomic E-state index is -0.430. The van der Waals surface area contributed by atoms with Crippen LogP contribution < -0.4 is 9.80 Å². The Kier molecular flexibility index (Phi) is 9.91. The van der Waals surface area contributed by atoms with E-state index in [1.54, 1.807) is 0 Å². The van der Waals surface area contributed by atoms with Gasteiger partial charge in [-0.05, 0) is 150 Å². The number of fused-ring (bicyclic) bond motifs is 7. The average molecular weight is 881 g/mol. The summed E-state index contributed by atoms with van der Waals surface area (Å²) in [6.45, 7) is 4.63. The molecule has 0 aromatic heterocycles. The van der Waals surface area contributed by atoms with Crippen LogP contribution >= 0.6 is 0 Å². The number of hydrogen-bond acceptors (Lipinski definition) is 4. The Labute approximate surface area is 402 Å². The Morgan fingerprint density at radius 2 is 0.797 bits per heavy atom. The Hall–Kier alpha value is -9.22. The molecule has 0 N–H and O–H groups in total. The SMILES string of the molecule is CC1(C)c2cc(N(c3ccc(-c4ccc5ccccc5c4)cc3)c3ccccc3C#N)ccc2-c2c1cc(N(c1ccc(-c3ccc4ccccc4c3)cc1)c1ccccc1C#N)c1ccccc21. The van der Waals surface area contributed by atoms with Gasteiger partial charge in [0.1, 0.15) is 12.1 Å². The molecule has 1 aliphatic carbocycles. The molecule has 0 fully saturated rings. The number of para-hydroxylation sites is 2. The van der Waals surface area contributed by atoms with Crippen LogP contribution in [0.2, 0.25) is 0 Å². The van der Waals surface area contributed by atoms with Crippen molar-refractivity contribution in [3.63, 3.8) is 0 Å². The largest absolute Gasteiger partial charge is 0.309 e. The van der Waals surface area contributed by atoms with Crippen molar-refractivity contribution >= 4 is 66.4 Å². The quantitative estimate of drug-likeness (QED) is 0.153. The van der Waals surface area contributed by atoms with Crippen LogP contribution in [-0.4, -0.2) is 0 Å². The second-order valence-corrected chi connectivity index (χ2v) is 18.4. The second kappa shape index (κ2) is 16.6. The van der Waals surface area contributed by atoms with E-state index in [-0.39, 0.29) is 0 Å². The summed E-state index contributed by atoms with van der Waals surface area (Å²) in [5.41, 5.74) is 15.6. The van der Waals surface area contributed by atoms with Crippen molar-refractivity contribution in [2.75, 3.05) is 9.80 Å². The first-order valence-corrected chi connectivity index (χ1v) is 23.4. The molecule has 0 bridgehead atoms. The summed E-state index contributed by atoms with van der Waals surface area (Å²) in [6.07, 6.45) is 0. The van der Waals surface area contributed by atoms with Gasteiger partial charge in [-0.3, -0.25) is 0 Å². The maximum absolute atomic E-state index is 10.6. The molecule has 11 aromatic rings. The van der Waals surface area contributed by atoms with Gasteiger partial charge in [0.05, 0.1) is 28.2 Å². The molecule has 4 heteroatoms. The van der Waals surface area contributed by atoms with Crippen LogP contribution in [0.15, 0.2) is 231 Å². The van der Waals surface area contributed by atoms with Crippen LogP contribution in [0.5, 0.6) is 0 Å². The Balaban J connectivity index is 0.987. The molecule has 11 aromatic carbocycles. The predicted molar refractivity (Wildman–Crippen MR) is 286 cm³/mol. The summed E-state index contributed by atoms with van der Waals surface area (Å²) >= 11 is 0. The molecular formula is C65H44N4. The van der Waals surface area contributed by atoms with E-state index >= 15 is 0 Å². The highest BCUT2D eigenvalue weighted by molar-refractivity contribution is 6.10. The van der Waals surface area contributed by atoms with Crippen LogP contribution in [0.3, 0.4) is 0 Å². The van der Waals surface area contributed by atoms with Gasteiger partial charge in [0.25, 0.3) is 0 Å². The van der Waals surface area contributed by atoms with Gasteiger partial charge in [-0.25, -0.2) is 0 Å². The molecule has 0 spiro atoms. The van der Waals surface area contributed by atoms with Crippen LogP contribution in [0.4, 0.5) is 34.1 Å². The fourth-order valence-electron chi connectivity index (χ4n) is 10.6. The lowest BCUT2D eigenvalue weighted by Crippen LogP contribution is -2.18. The first-order chi connectivity index (χ1) is 33.9. The first-order valence-electron chi connectivity index (χ1n) is 23.4. The minimum absolute atomic E-state index is 0.430. The van der Waals surface area contributed by atoms with Gasteiger partial charge < -0.3 is 9.80 Å². The molecule has 12 rings (SSSR count). The van der Waals surface area contributed by atoms with Crippen molar-refractivity contribution < 1.29 is 0 Å². The monoisotopic (exact) mass is 880 g/mol. The smallest absolute Gasteiger partial charge is 0.101 e. The lowest BCUT2D eigenvalue weighted by atomic mass is 9.81. The number of nitriles is 2. The number of nitrogens with zero attached hydrogens (tertiary/aromatic N) is 4. The zero-order valence-corrected chi connectivity index (χ0v) is 38.2. The lowest BCUT2D eigenvalue weighted by molar-refractivity contribution is 0.661. The third-order valence-corrected chi connectivity index (χ3v) is 14.1. The van der Waals surface area contributed by atoms with E-state index in [9.17, 15) is 10.5 Å². The van der Waals surface area contributed by atoms with E-state index in [1.165, 1.54) is 43.8 Å². The maximum Gasteiger partial charge on any atom is 0.101 e. The van der Waals surface area contributed by atoms with Crippen molar-refractivity contribution in [3.05, 3.63) is 253 Å².